The van der Waals surface area contributed by atoms with Crippen LogP contribution in [0, 0.1) is 31.3 Å². The number of rotatable bonds is 5. The molecule has 0 unspecified atom stereocenters. The van der Waals surface area contributed by atoms with E-state index in [0.29, 0.717) is 23.1 Å². The van der Waals surface area contributed by atoms with Gasteiger partial charge in [0.1, 0.15) is 5.76 Å². The quantitative estimate of drug-likeness (QED) is 0.651. The van der Waals surface area contributed by atoms with E-state index in [1.54, 1.807) is 13.8 Å². The summed E-state index contributed by atoms with van der Waals surface area (Å²) in [6, 6.07) is 1.58. The Labute approximate surface area is 147 Å². The van der Waals surface area contributed by atoms with Crippen LogP contribution in [0.25, 0.3) is 6.08 Å². The van der Waals surface area contributed by atoms with Crippen molar-refractivity contribution < 1.29 is 27.3 Å². The highest BCUT2D eigenvalue weighted by Crippen LogP contribution is 2.19. The number of carbonyl (C=O) groups excluding carboxylic acids is 2. The molecular formula is C17H16F3N3O3. The number of benzene rings is 1. The van der Waals surface area contributed by atoms with E-state index in [1.807, 2.05) is 0 Å². The molecule has 2 aromatic rings. The second-order valence-corrected chi connectivity index (χ2v) is 5.54. The molecule has 0 radical (unpaired) electrons. The van der Waals surface area contributed by atoms with E-state index in [0.717, 1.165) is 11.0 Å². The molecule has 138 valence electrons. The maximum absolute atomic E-state index is 13.5. The van der Waals surface area contributed by atoms with Gasteiger partial charge in [-0.3, -0.25) is 9.59 Å². The Kier molecular flexibility index (Phi) is 5.81. The molecule has 1 aromatic heterocycles. The Bertz CT molecular complexity index is 858. The number of nitrogens with zero attached hydrogens (tertiary/aromatic N) is 2. The van der Waals surface area contributed by atoms with Crippen molar-refractivity contribution in [2.45, 2.75) is 13.8 Å². The maximum Gasteiger partial charge on any atom is 0.246 e. The molecule has 0 saturated carbocycles. The number of anilines is 1. The van der Waals surface area contributed by atoms with E-state index in [2.05, 4.69) is 10.5 Å². The minimum Gasteiger partial charge on any atom is -0.361 e. The predicted octanol–water partition coefficient (Wildman–Crippen LogP) is 2.82. The molecule has 0 saturated heterocycles. The minimum atomic E-state index is -1.69. The fourth-order valence-electron chi connectivity index (χ4n) is 2.12. The lowest BCUT2D eigenvalue weighted by Crippen LogP contribution is -2.34. The van der Waals surface area contributed by atoms with Crippen LogP contribution in [0.1, 0.15) is 17.0 Å². The molecule has 0 aliphatic heterocycles. The van der Waals surface area contributed by atoms with Crippen LogP contribution in [0.3, 0.4) is 0 Å². The third kappa shape index (κ3) is 4.29. The third-order valence-corrected chi connectivity index (χ3v) is 3.55. The van der Waals surface area contributed by atoms with Crippen molar-refractivity contribution in [1.29, 1.82) is 0 Å². The Morgan fingerprint density at radius 2 is 1.92 bits per heavy atom. The lowest BCUT2D eigenvalue weighted by molar-refractivity contribution is -0.129. The van der Waals surface area contributed by atoms with Crippen molar-refractivity contribution in [3.63, 3.8) is 0 Å². The zero-order valence-electron chi connectivity index (χ0n) is 14.3. The summed E-state index contributed by atoms with van der Waals surface area (Å²) in [7, 11) is 1.36. The minimum absolute atomic E-state index is 0.413. The van der Waals surface area contributed by atoms with E-state index >= 15 is 0 Å². The van der Waals surface area contributed by atoms with Gasteiger partial charge in [-0.15, -0.1) is 0 Å². The molecule has 0 aliphatic rings. The number of aryl methyl sites for hydroxylation is 2. The highest BCUT2D eigenvalue weighted by molar-refractivity contribution is 5.98. The zero-order valence-corrected chi connectivity index (χ0v) is 14.3. The first kappa shape index (κ1) is 19.2. The van der Waals surface area contributed by atoms with Crippen molar-refractivity contribution in [3.8, 4) is 0 Å². The molecule has 0 spiro atoms. The monoisotopic (exact) mass is 367 g/mol. The van der Waals surface area contributed by atoms with Gasteiger partial charge in [-0.2, -0.15) is 0 Å². The Morgan fingerprint density at radius 3 is 2.54 bits per heavy atom. The van der Waals surface area contributed by atoms with Gasteiger partial charge in [-0.1, -0.05) is 5.16 Å². The zero-order chi connectivity index (χ0) is 19.4. The van der Waals surface area contributed by atoms with Gasteiger partial charge >= 0.3 is 0 Å². The number of amides is 2. The molecule has 1 heterocycles. The number of hydrogen-bond donors (Lipinski definition) is 1. The molecular weight excluding hydrogens is 351 g/mol. The summed E-state index contributed by atoms with van der Waals surface area (Å²) >= 11 is 0. The number of aromatic nitrogens is 1. The van der Waals surface area contributed by atoms with Crippen LogP contribution in [0.2, 0.25) is 0 Å². The van der Waals surface area contributed by atoms with Crippen LogP contribution < -0.4 is 5.32 Å². The first-order valence-corrected chi connectivity index (χ1v) is 7.50. The summed E-state index contributed by atoms with van der Waals surface area (Å²) < 4.78 is 44.5. The van der Waals surface area contributed by atoms with E-state index in [9.17, 15) is 22.8 Å². The van der Waals surface area contributed by atoms with Crippen LogP contribution in [-0.4, -0.2) is 35.5 Å². The molecule has 1 N–H and O–H groups in total. The number of hydrogen-bond acceptors (Lipinski definition) is 4. The fourth-order valence-corrected chi connectivity index (χ4v) is 2.12. The van der Waals surface area contributed by atoms with Crippen molar-refractivity contribution >= 4 is 23.6 Å². The van der Waals surface area contributed by atoms with Crippen molar-refractivity contribution in [3.05, 3.63) is 52.7 Å². The second kappa shape index (κ2) is 7.85. The predicted molar refractivity (Wildman–Crippen MR) is 87.6 cm³/mol. The maximum atomic E-state index is 13.5. The summed E-state index contributed by atoms with van der Waals surface area (Å²) in [5, 5.41) is 5.84. The van der Waals surface area contributed by atoms with E-state index in [1.165, 1.54) is 19.2 Å². The van der Waals surface area contributed by atoms with Gasteiger partial charge < -0.3 is 14.7 Å². The molecule has 2 rings (SSSR count). The SMILES string of the molecule is Cc1noc(C)c1/C=C/C(=O)N(C)CC(=O)Nc1ccc(F)c(F)c1F. The Balaban J connectivity index is 1.98. The third-order valence-electron chi connectivity index (χ3n) is 3.55. The van der Waals surface area contributed by atoms with Crippen LogP contribution in [0.5, 0.6) is 0 Å². The fraction of sp³-hybridized carbons (Fsp3) is 0.235. The van der Waals surface area contributed by atoms with Gasteiger partial charge in [0, 0.05) is 18.7 Å². The number of nitrogens with one attached hydrogen (secondary N) is 1. The topological polar surface area (TPSA) is 75.4 Å². The van der Waals surface area contributed by atoms with Gasteiger partial charge in [0.05, 0.1) is 17.9 Å². The van der Waals surface area contributed by atoms with Crippen LogP contribution in [0.15, 0.2) is 22.7 Å². The molecule has 2 amide bonds. The lowest BCUT2D eigenvalue weighted by Gasteiger charge is -2.15. The number of likely N-dealkylation sites (N-methyl/N-ethyl adjacent to an activating group) is 1. The van der Waals surface area contributed by atoms with Crippen molar-refractivity contribution in [2.24, 2.45) is 0 Å². The Hall–Kier alpha value is -3.10. The second-order valence-electron chi connectivity index (χ2n) is 5.54. The first-order chi connectivity index (χ1) is 12.2. The van der Waals surface area contributed by atoms with Gasteiger partial charge in [-0.25, -0.2) is 13.2 Å². The number of halogens is 3. The van der Waals surface area contributed by atoms with E-state index in [4.69, 9.17) is 4.52 Å². The van der Waals surface area contributed by atoms with Gasteiger partial charge in [0.2, 0.25) is 11.8 Å². The average Bonchev–Trinajstić information content (AvgIpc) is 2.91. The van der Waals surface area contributed by atoms with Gasteiger partial charge in [0.25, 0.3) is 0 Å². The van der Waals surface area contributed by atoms with Crippen LogP contribution >= 0.6 is 0 Å². The smallest absolute Gasteiger partial charge is 0.246 e. The molecule has 0 fully saturated rings. The van der Waals surface area contributed by atoms with Crippen molar-refractivity contribution in [1.82, 2.24) is 10.1 Å². The lowest BCUT2D eigenvalue weighted by atomic mass is 10.2. The standard InChI is InChI=1S/C17H16F3N3O3/c1-9-11(10(2)26-22-9)4-7-15(25)23(3)8-14(24)21-13-6-5-12(18)16(19)17(13)20/h4-7H,8H2,1-3H3,(H,21,24)/b7-4+. The summed E-state index contributed by atoms with van der Waals surface area (Å²) in [5.41, 5.74) is 0.752. The average molecular weight is 367 g/mol. The molecule has 0 aliphatic carbocycles. The van der Waals surface area contributed by atoms with Crippen LogP contribution in [-0.2, 0) is 9.59 Å². The van der Waals surface area contributed by atoms with Gasteiger partial charge in [-0.05, 0) is 32.1 Å². The normalized spacial score (nSPS) is 11.0. The van der Waals surface area contributed by atoms with Gasteiger partial charge in [0.15, 0.2) is 17.5 Å². The summed E-state index contributed by atoms with van der Waals surface area (Å²) in [6.07, 6.45) is 2.74. The molecule has 0 bridgehead atoms. The van der Waals surface area contributed by atoms with Crippen molar-refractivity contribution in [2.75, 3.05) is 18.9 Å². The molecule has 6 nitrogen and oxygen atoms in total. The molecule has 1 aromatic carbocycles. The molecule has 9 heteroatoms. The largest absolute Gasteiger partial charge is 0.361 e. The first-order valence-electron chi connectivity index (χ1n) is 7.50. The summed E-state index contributed by atoms with van der Waals surface area (Å²) in [5.74, 6) is -5.28. The highest BCUT2D eigenvalue weighted by Gasteiger charge is 2.17. The van der Waals surface area contributed by atoms with E-state index in [-0.39, 0.29) is 0 Å². The molecule has 26 heavy (non-hydrogen) atoms. The number of carbonyl (C=O) groups is 2. The molecule has 0 atom stereocenters. The summed E-state index contributed by atoms with van der Waals surface area (Å²) in [6.45, 7) is 3.00. The Morgan fingerprint density at radius 1 is 1.23 bits per heavy atom. The van der Waals surface area contributed by atoms with Crippen LogP contribution in [0.4, 0.5) is 18.9 Å². The summed E-state index contributed by atoms with van der Waals surface area (Å²) in [4.78, 5) is 25.0. The highest BCUT2D eigenvalue weighted by atomic mass is 19.2. The van der Waals surface area contributed by atoms with E-state index < -0.39 is 41.5 Å².